The van der Waals surface area contributed by atoms with E-state index in [2.05, 4.69) is 4.99 Å². The van der Waals surface area contributed by atoms with Crippen molar-refractivity contribution in [2.24, 2.45) is 16.6 Å². The van der Waals surface area contributed by atoms with E-state index in [0.717, 1.165) is 15.9 Å². The molecule has 3 N–H and O–H groups in total. The Morgan fingerprint density at radius 2 is 1.77 bits per heavy atom. The maximum atomic E-state index is 13.9. The summed E-state index contributed by atoms with van der Waals surface area (Å²) in [6, 6.07) is 16.1. The zero-order valence-corrected chi connectivity index (χ0v) is 25.2. The highest BCUT2D eigenvalue weighted by Gasteiger charge is 2.39. The fraction of sp³-hybridized carbons (Fsp3) is 0.355. The number of nitrogens with two attached hydrogens (primary N) is 1. The Kier molecular flexibility index (Phi) is 10.9. The quantitative estimate of drug-likeness (QED) is 0.293. The van der Waals surface area contributed by atoms with Crippen molar-refractivity contribution in [1.29, 1.82) is 0 Å². The first-order chi connectivity index (χ1) is 20.5. The summed E-state index contributed by atoms with van der Waals surface area (Å²) in [7, 11) is -3.82. The molecule has 0 aliphatic carbocycles. The second-order valence-corrected chi connectivity index (χ2v) is 13.2. The SMILES string of the molecule is NCc1ccc(Cl)cc1CCC(=O)[C@@H]1CCCN1C(=O)[C@@H](CC(=O)N=c1ccn(O)cc1)CS(=O)(=O)Cc1ccccc1. The molecule has 1 saturated heterocycles. The summed E-state index contributed by atoms with van der Waals surface area (Å²) in [5, 5.41) is 10.2. The number of hydrogen-bond donors (Lipinski definition) is 2. The van der Waals surface area contributed by atoms with Crippen LogP contribution in [0.15, 0.2) is 78.0 Å². The van der Waals surface area contributed by atoms with Crippen LogP contribution in [0.1, 0.15) is 42.4 Å². The highest BCUT2D eigenvalue weighted by atomic mass is 35.5. The molecular formula is C31H35ClN4O6S. The number of Topliss-reactive ketones (excluding diaryl/α,β-unsaturated/α-hetero) is 1. The molecule has 43 heavy (non-hydrogen) atoms. The van der Waals surface area contributed by atoms with Crippen molar-refractivity contribution in [2.75, 3.05) is 12.3 Å². The zero-order chi connectivity index (χ0) is 31.0. The van der Waals surface area contributed by atoms with Gasteiger partial charge >= 0.3 is 0 Å². The van der Waals surface area contributed by atoms with Crippen molar-refractivity contribution >= 4 is 39.0 Å². The number of likely N-dealkylation sites (tertiary alicyclic amines) is 1. The highest BCUT2D eigenvalue weighted by Crippen LogP contribution is 2.26. The Bertz CT molecular complexity index is 1620. The Balaban J connectivity index is 1.53. The molecule has 0 radical (unpaired) electrons. The van der Waals surface area contributed by atoms with Gasteiger partial charge in [0.25, 0.3) is 0 Å². The van der Waals surface area contributed by atoms with Gasteiger partial charge in [-0.1, -0.05) is 48.0 Å². The number of amides is 2. The summed E-state index contributed by atoms with van der Waals surface area (Å²) in [6.07, 6.45) is 3.74. The largest absolute Gasteiger partial charge is 0.429 e. The molecule has 1 aliphatic rings. The third kappa shape index (κ3) is 9.09. The summed E-state index contributed by atoms with van der Waals surface area (Å²) in [6.45, 7) is 0.589. The van der Waals surface area contributed by atoms with E-state index >= 15 is 0 Å². The minimum Gasteiger partial charge on any atom is -0.429 e. The molecule has 4 rings (SSSR count). The minimum absolute atomic E-state index is 0.141. The summed E-state index contributed by atoms with van der Waals surface area (Å²) in [5.74, 6) is -3.44. The smallest absolute Gasteiger partial charge is 0.247 e. The number of carbonyl (C=O) groups is 3. The fourth-order valence-corrected chi connectivity index (χ4v) is 7.23. The van der Waals surface area contributed by atoms with E-state index in [0.29, 0.717) is 36.4 Å². The van der Waals surface area contributed by atoms with E-state index in [4.69, 9.17) is 17.3 Å². The van der Waals surface area contributed by atoms with Crippen LogP contribution in [0.5, 0.6) is 0 Å². The number of sulfone groups is 1. The van der Waals surface area contributed by atoms with Gasteiger partial charge in [-0.2, -0.15) is 0 Å². The molecule has 1 fully saturated rings. The number of aryl methyl sites for hydroxylation is 1. The van der Waals surface area contributed by atoms with Gasteiger partial charge in [0.05, 0.1) is 28.8 Å². The first-order valence-electron chi connectivity index (χ1n) is 14.0. The molecule has 228 valence electrons. The van der Waals surface area contributed by atoms with Crippen LogP contribution in [0, 0.1) is 5.92 Å². The Morgan fingerprint density at radius 1 is 1.05 bits per heavy atom. The molecule has 1 aliphatic heterocycles. The molecule has 12 heteroatoms. The molecule has 2 aromatic carbocycles. The van der Waals surface area contributed by atoms with Gasteiger partial charge in [-0.05, 0) is 60.2 Å². The molecule has 0 saturated carbocycles. The van der Waals surface area contributed by atoms with Crippen molar-refractivity contribution in [2.45, 2.75) is 50.4 Å². The number of hydrogen-bond acceptors (Lipinski definition) is 7. The molecule has 0 spiro atoms. The average molecular weight is 627 g/mol. The van der Waals surface area contributed by atoms with Gasteiger partial charge in [-0.25, -0.2) is 18.1 Å². The molecule has 2 atom stereocenters. The molecular weight excluding hydrogens is 592 g/mol. The van der Waals surface area contributed by atoms with Crippen molar-refractivity contribution in [3.05, 3.63) is 100 Å². The van der Waals surface area contributed by atoms with Crippen LogP contribution >= 0.6 is 11.6 Å². The van der Waals surface area contributed by atoms with Crippen LogP contribution in [0.2, 0.25) is 5.02 Å². The first kappa shape index (κ1) is 32.1. The van der Waals surface area contributed by atoms with Crippen LogP contribution in [0.25, 0.3) is 0 Å². The lowest BCUT2D eigenvalue weighted by Gasteiger charge is -2.28. The van der Waals surface area contributed by atoms with Crippen molar-refractivity contribution < 1.29 is 28.0 Å². The van der Waals surface area contributed by atoms with Gasteiger partial charge in [0.1, 0.15) is 0 Å². The molecule has 0 bridgehead atoms. The predicted octanol–water partition coefficient (Wildman–Crippen LogP) is 3.08. The van der Waals surface area contributed by atoms with Crippen LogP contribution in [-0.4, -0.2) is 59.2 Å². The number of aromatic nitrogens is 1. The summed E-state index contributed by atoms with van der Waals surface area (Å²) in [5.41, 5.74) is 8.16. The number of ketones is 1. The molecule has 2 heterocycles. The maximum Gasteiger partial charge on any atom is 0.247 e. The number of carbonyl (C=O) groups excluding carboxylic acids is 3. The highest BCUT2D eigenvalue weighted by molar-refractivity contribution is 7.90. The summed E-state index contributed by atoms with van der Waals surface area (Å²) in [4.78, 5) is 45.6. The van der Waals surface area contributed by atoms with E-state index < -0.39 is 45.8 Å². The Hall–Kier alpha value is -3.80. The van der Waals surface area contributed by atoms with Crippen LogP contribution in [0.4, 0.5) is 0 Å². The van der Waals surface area contributed by atoms with Crippen LogP contribution < -0.4 is 11.1 Å². The van der Waals surface area contributed by atoms with E-state index in [1.807, 2.05) is 6.07 Å². The topological polar surface area (TPSA) is 152 Å². The average Bonchev–Trinajstić information content (AvgIpc) is 3.47. The second kappa shape index (κ2) is 14.6. The van der Waals surface area contributed by atoms with E-state index in [-0.39, 0.29) is 29.9 Å². The van der Waals surface area contributed by atoms with Crippen LogP contribution in [0.3, 0.4) is 0 Å². The van der Waals surface area contributed by atoms with Gasteiger partial charge < -0.3 is 15.8 Å². The molecule has 1 aromatic heterocycles. The van der Waals surface area contributed by atoms with Gasteiger partial charge in [-0.3, -0.25) is 14.4 Å². The van der Waals surface area contributed by atoms with Gasteiger partial charge in [0, 0.05) is 43.3 Å². The summed E-state index contributed by atoms with van der Waals surface area (Å²) >= 11 is 6.14. The maximum absolute atomic E-state index is 13.9. The third-order valence-electron chi connectivity index (χ3n) is 7.44. The van der Waals surface area contributed by atoms with Crippen molar-refractivity contribution in [1.82, 2.24) is 9.63 Å². The van der Waals surface area contributed by atoms with E-state index in [9.17, 15) is 28.0 Å². The van der Waals surface area contributed by atoms with Crippen LogP contribution in [-0.2, 0) is 42.9 Å². The Morgan fingerprint density at radius 3 is 2.47 bits per heavy atom. The molecule has 3 aromatic rings. The first-order valence-corrected chi connectivity index (χ1v) is 16.2. The lowest BCUT2D eigenvalue weighted by Crippen LogP contribution is -2.45. The lowest BCUT2D eigenvalue weighted by molar-refractivity contribution is -0.141. The van der Waals surface area contributed by atoms with Crippen molar-refractivity contribution in [3.8, 4) is 0 Å². The standard InChI is InChI=1S/C31H35ClN4O6S/c32-26-10-8-24(19-33)23(17-26)9-11-29(37)28-7-4-14-36(28)31(39)25(18-30(38)34-27-12-15-35(40)16-13-27)21-43(41,42)20-22-5-2-1-3-6-22/h1-3,5-6,8,10,12-13,15-17,25,28,40H,4,7,9,11,14,18-21,33H2/t25-,28-/m0/s1. The number of benzene rings is 2. The number of rotatable bonds is 12. The monoisotopic (exact) mass is 626 g/mol. The van der Waals surface area contributed by atoms with Gasteiger partial charge in [0.15, 0.2) is 15.6 Å². The van der Waals surface area contributed by atoms with Gasteiger partial charge in [-0.15, -0.1) is 0 Å². The number of nitrogens with zero attached hydrogens (tertiary/aromatic N) is 3. The van der Waals surface area contributed by atoms with Crippen molar-refractivity contribution in [3.63, 3.8) is 0 Å². The zero-order valence-electron chi connectivity index (χ0n) is 23.6. The fourth-order valence-electron chi connectivity index (χ4n) is 5.35. The normalized spacial score (nSPS) is 15.7. The Labute approximate surface area is 255 Å². The predicted molar refractivity (Wildman–Crippen MR) is 162 cm³/mol. The third-order valence-corrected chi connectivity index (χ3v) is 9.36. The minimum atomic E-state index is -3.82. The second-order valence-electron chi connectivity index (χ2n) is 10.7. The van der Waals surface area contributed by atoms with E-state index in [1.165, 1.54) is 29.4 Å². The lowest BCUT2D eigenvalue weighted by atomic mass is 9.97. The van der Waals surface area contributed by atoms with E-state index in [1.54, 1.807) is 42.5 Å². The number of pyridine rings is 1. The number of halogens is 1. The molecule has 2 amide bonds. The molecule has 0 unspecified atom stereocenters. The van der Waals surface area contributed by atoms with Gasteiger partial charge in [0.2, 0.25) is 11.8 Å². The molecule has 10 nitrogen and oxygen atoms in total. The summed E-state index contributed by atoms with van der Waals surface area (Å²) < 4.78 is 27.3.